The number of anilines is 1. The van der Waals surface area contributed by atoms with Crippen molar-refractivity contribution >= 4 is 22.2 Å². The molecule has 0 bridgehead atoms. The number of ether oxygens (including phenoxy) is 1. The Morgan fingerprint density at radius 3 is 2.50 bits per heavy atom. The third-order valence-corrected chi connectivity index (χ3v) is 4.42. The molecule has 1 aromatic heterocycles. The van der Waals surface area contributed by atoms with Crippen LogP contribution in [0.3, 0.4) is 0 Å². The molecule has 2 rings (SSSR count). The smallest absolute Gasteiger partial charge is 0.257 e. The van der Waals surface area contributed by atoms with E-state index < -0.39 is 0 Å². The molecule has 1 aliphatic rings. The maximum atomic E-state index is 12.4. The van der Waals surface area contributed by atoms with Gasteiger partial charge in [-0.25, -0.2) is 0 Å². The van der Waals surface area contributed by atoms with Crippen molar-refractivity contribution in [3.05, 3.63) is 16.5 Å². The molecule has 0 aromatic carbocycles. The molecule has 2 N–H and O–H groups in total. The van der Waals surface area contributed by atoms with Gasteiger partial charge in [0.25, 0.3) is 5.91 Å². The maximum Gasteiger partial charge on any atom is 0.257 e. The van der Waals surface area contributed by atoms with Crippen LogP contribution < -0.4 is 5.73 Å². The second kappa shape index (κ2) is 4.90. The van der Waals surface area contributed by atoms with Crippen LogP contribution in [0, 0.1) is 0 Å². The second-order valence-corrected chi connectivity index (χ2v) is 6.63. The molecule has 1 aromatic rings. The van der Waals surface area contributed by atoms with Crippen molar-refractivity contribution in [1.82, 2.24) is 4.90 Å². The Labute approximate surface area is 112 Å². The molecule has 2 heterocycles. The van der Waals surface area contributed by atoms with Crippen LogP contribution in [-0.4, -0.2) is 37.1 Å². The van der Waals surface area contributed by atoms with Crippen molar-refractivity contribution < 1.29 is 9.53 Å². The Morgan fingerprint density at radius 1 is 1.39 bits per heavy atom. The predicted molar refractivity (Wildman–Crippen MR) is 74.2 cm³/mol. The van der Waals surface area contributed by atoms with Crippen molar-refractivity contribution in [1.29, 1.82) is 0 Å². The van der Waals surface area contributed by atoms with Gasteiger partial charge >= 0.3 is 0 Å². The quantitative estimate of drug-likeness (QED) is 0.848. The lowest BCUT2D eigenvalue weighted by Crippen LogP contribution is -2.40. The first-order valence-corrected chi connectivity index (χ1v) is 6.98. The van der Waals surface area contributed by atoms with Crippen LogP contribution in [0.5, 0.6) is 0 Å². The number of nitrogens with two attached hydrogens (primary N) is 1. The van der Waals surface area contributed by atoms with Gasteiger partial charge in [0.05, 0.1) is 23.8 Å². The van der Waals surface area contributed by atoms with E-state index in [1.165, 1.54) is 11.3 Å². The standard InChI is InChI=1S/C13H20N2O2S/c1-13(2,3)10-8-9(11(14)18-10)12(16)15-4-6-17-7-5-15/h8H,4-7,14H2,1-3H3. The zero-order chi connectivity index (χ0) is 13.3. The van der Waals surface area contributed by atoms with Gasteiger partial charge in [0, 0.05) is 18.0 Å². The molecule has 100 valence electrons. The molecular weight excluding hydrogens is 248 g/mol. The van der Waals surface area contributed by atoms with E-state index in [0.29, 0.717) is 36.9 Å². The van der Waals surface area contributed by atoms with Gasteiger partial charge in [-0.2, -0.15) is 0 Å². The van der Waals surface area contributed by atoms with Crippen LogP contribution in [0.4, 0.5) is 5.00 Å². The predicted octanol–water partition coefficient (Wildman–Crippen LogP) is 2.10. The average molecular weight is 268 g/mol. The topological polar surface area (TPSA) is 55.6 Å². The molecule has 1 aliphatic heterocycles. The highest BCUT2D eigenvalue weighted by molar-refractivity contribution is 7.16. The van der Waals surface area contributed by atoms with Crippen molar-refractivity contribution in [3.8, 4) is 0 Å². The number of thiophene rings is 1. The summed E-state index contributed by atoms with van der Waals surface area (Å²) in [6.45, 7) is 8.91. The lowest BCUT2D eigenvalue weighted by molar-refractivity contribution is 0.0304. The molecule has 0 saturated carbocycles. The summed E-state index contributed by atoms with van der Waals surface area (Å²) >= 11 is 1.51. The summed E-state index contributed by atoms with van der Waals surface area (Å²) in [6, 6.07) is 1.94. The van der Waals surface area contributed by atoms with E-state index in [0.717, 1.165) is 4.88 Å². The van der Waals surface area contributed by atoms with E-state index in [4.69, 9.17) is 10.5 Å². The van der Waals surface area contributed by atoms with Crippen molar-refractivity contribution in [2.45, 2.75) is 26.2 Å². The van der Waals surface area contributed by atoms with Gasteiger partial charge < -0.3 is 15.4 Å². The fourth-order valence-electron chi connectivity index (χ4n) is 1.88. The Hall–Kier alpha value is -1.07. The minimum atomic E-state index is 0.0301. The van der Waals surface area contributed by atoms with E-state index in [1.54, 1.807) is 0 Å². The number of nitrogens with zero attached hydrogens (tertiary/aromatic N) is 1. The number of nitrogen functional groups attached to an aromatic ring is 1. The van der Waals surface area contributed by atoms with Crippen LogP contribution in [-0.2, 0) is 10.2 Å². The highest BCUT2D eigenvalue weighted by atomic mass is 32.1. The van der Waals surface area contributed by atoms with Crippen molar-refractivity contribution in [2.24, 2.45) is 0 Å². The molecule has 1 saturated heterocycles. The molecule has 0 radical (unpaired) electrons. The second-order valence-electron chi connectivity index (χ2n) is 5.54. The van der Waals surface area contributed by atoms with E-state index in [9.17, 15) is 4.79 Å². The summed E-state index contributed by atoms with van der Waals surface area (Å²) in [5.74, 6) is 0.0301. The molecule has 5 heteroatoms. The normalized spacial score (nSPS) is 16.9. The lowest BCUT2D eigenvalue weighted by atomic mass is 9.94. The summed E-state index contributed by atoms with van der Waals surface area (Å²) < 4.78 is 5.25. The zero-order valence-corrected chi connectivity index (χ0v) is 12.0. The van der Waals surface area contributed by atoms with E-state index in [-0.39, 0.29) is 11.3 Å². The summed E-state index contributed by atoms with van der Waals surface area (Å²) in [5.41, 5.74) is 6.66. The number of morpholine rings is 1. The van der Waals surface area contributed by atoms with Crippen LogP contribution in [0.2, 0.25) is 0 Å². The van der Waals surface area contributed by atoms with Crippen molar-refractivity contribution in [2.75, 3.05) is 32.0 Å². The SMILES string of the molecule is CC(C)(C)c1cc(C(=O)N2CCOCC2)c(N)s1. The van der Waals surface area contributed by atoms with Crippen LogP contribution in [0.1, 0.15) is 36.0 Å². The number of rotatable bonds is 1. The van der Waals surface area contributed by atoms with Crippen molar-refractivity contribution in [3.63, 3.8) is 0 Å². The maximum absolute atomic E-state index is 12.4. The van der Waals surface area contributed by atoms with E-state index in [2.05, 4.69) is 20.8 Å². The van der Waals surface area contributed by atoms with Gasteiger partial charge in [0.2, 0.25) is 0 Å². The molecule has 0 unspecified atom stereocenters. The Bertz CT molecular complexity index is 442. The number of hydrogen-bond acceptors (Lipinski definition) is 4. The van der Waals surface area contributed by atoms with Crippen LogP contribution >= 0.6 is 11.3 Å². The third kappa shape index (κ3) is 2.67. The Morgan fingerprint density at radius 2 is 2.00 bits per heavy atom. The molecule has 1 fully saturated rings. The molecule has 1 amide bonds. The van der Waals surface area contributed by atoms with Gasteiger partial charge in [-0.3, -0.25) is 4.79 Å². The first-order valence-electron chi connectivity index (χ1n) is 6.16. The summed E-state index contributed by atoms with van der Waals surface area (Å²) in [4.78, 5) is 15.3. The highest BCUT2D eigenvalue weighted by Gasteiger charge is 2.25. The summed E-state index contributed by atoms with van der Waals surface area (Å²) in [5, 5.41) is 0.622. The Kier molecular flexibility index (Phi) is 3.64. The zero-order valence-electron chi connectivity index (χ0n) is 11.2. The van der Waals surface area contributed by atoms with Gasteiger partial charge in [-0.15, -0.1) is 11.3 Å². The summed E-state index contributed by atoms with van der Waals surface area (Å²) in [7, 11) is 0. The minimum Gasteiger partial charge on any atom is -0.390 e. The summed E-state index contributed by atoms with van der Waals surface area (Å²) in [6.07, 6.45) is 0. The number of carbonyl (C=O) groups is 1. The number of hydrogen-bond donors (Lipinski definition) is 1. The molecule has 4 nitrogen and oxygen atoms in total. The van der Waals surface area contributed by atoms with Crippen LogP contribution in [0.25, 0.3) is 0 Å². The molecule has 0 spiro atoms. The van der Waals surface area contributed by atoms with Gasteiger partial charge in [0.15, 0.2) is 0 Å². The molecular formula is C13H20N2O2S. The molecule has 18 heavy (non-hydrogen) atoms. The number of amides is 1. The first-order chi connectivity index (χ1) is 8.39. The average Bonchev–Trinajstić information content (AvgIpc) is 2.71. The Balaban J connectivity index is 2.22. The monoisotopic (exact) mass is 268 g/mol. The van der Waals surface area contributed by atoms with Gasteiger partial charge in [-0.1, -0.05) is 20.8 Å². The van der Waals surface area contributed by atoms with Crippen LogP contribution in [0.15, 0.2) is 6.07 Å². The minimum absolute atomic E-state index is 0.0301. The fourth-order valence-corrected chi connectivity index (χ4v) is 2.85. The highest BCUT2D eigenvalue weighted by Crippen LogP contribution is 2.34. The number of carbonyl (C=O) groups excluding carboxylic acids is 1. The fraction of sp³-hybridized carbons (Fsp3) is 0.615. The van der Waals surface area contributed by atoms with E-state index in [1.807, 2.05) is 11.0 Å². The van der Waals surface area contributed by atoms with Gasteiger partial charge in [-0.05, 0) is 11.5 Å². The lowest BCUT2D eigenvalue weighted by Gasteiger charge is -2.26. The molecule has 0 atom stereocenters. The third-order valence-electron chi connectivity index (χ3n) is 3.03. The molecule has 0 aliphatic carbocycles. The first kappa shape index (κ1) is 13.4. The van der Waals surface area contributed by atoms with Gasteiger partial charge in [0.1, 0.15) is 0 Å². The van der Waals surface area contributed by atoms with E-state index >= 15 is 0 Å². The largest absolute Gasteiger partial charge is 0.390 e.